The first-order chi connectivity index (χ1) is 38.8. The maximum atomic E-state index is 13.0. The Hall–Kier alpha value is -4.71. The Morgan fingerprint density at radius 2 is 0.797 bits per heavy atom. The Morgan fingerprint density at radius 3 is 1.22 bits per heavy atom. The van der Waals surface area contributed by atoms with Gasteiger partial charge < -0.3 is 40.3 Å². The highest BCUT2D eigenvalue weighted by atomic mass is 16.7. The van der Waals surface area contributed by atoms with Gasteiger partial charge in [-0.05, 0) is 135 Å². The van der Waals surface area contributed by atoms with E-state index in [-0.39, 0.29) is 18.9 Å². The fourth-order valence-electron chi connectivity index (χ4n) is 8.17. The highest BCUT2D eigenvalue weighted by Gasteiger charge is 2.44. The molecule has 0 aromatic rings. The Kier molecular flexibility index (Phi) is 51.8. The van der Waals surface area contributed by atoms with Gasteiger partial charge in [-0.25, -0.2) is 0 Å². The summed E-state index contributed by atoms with van der Waals surface area (Å²) < 4.78 is 11.2. The van der Waals surface area contributed by atoms with Gasteiger partial charge in [0.1, 0.15) is 24.4 Å². The average molecular weight is 1090 g/mol. The second-order valence-corrected chi connectivity index (χ2v) is 20.0. The molecule has 1 heterocycles. The van der Waals surface area contributed by atoms with Crippen LogP contribution in [0, 0.1) is 0 Å². The monoisotopic (exact) mass is 1090 g/mol. The van der Waals surface area contributed by atoms with Crippen molar-refractivity contribution in [1.29, 1.82) is 0 Å². The minimum absolute atomic E-state index is 0.236. The van der Waals surface area contributed by atoms with Crippen molar-refractivity contribution >= 4 is 5.91 Å². The Balaban J connectivity index is 2.27. The molecule has 0 saturated carbocycles. The lowest BCUT2D eigenvalue weighted by Crippen LogP contribution is -2.60. The van der Waals surface area contributed by atoms with Gasteiger partial charge in [-0.3, -0.25) is 4.79 Å². The van der Waals surface area contributed by atoms with Crippen LogP contribution in [0.4, 0.5) is 0 Å². The molecule has 0 aromatic heterocycles. The molecular weight excluding hydrogens is 983 g/mol. The molecule has 0 spiro atoms. The maximum absolute atomic E-state index is 13.0. The summed E-state index contributed by atoms with van der Waals surface area (Å²) in [5.74, 6) is -0.242. The lowest BCUT2D eigenvalue weighted by atomic mass is 9.99. The number of hydrogen-bond acceptors (Lipinski definition) is 8. The van der Waals surface area contributed by atoms with Crippen molar-refractivity contribution in [3.05, 3.63) is 182 Å². The van der Waals surface area contributed by atoms with E-state index in [9.17, 15) is 30.3 Å². The number of aliphatic hydroxyl groups is 5. The summed E-state index contributed by atoms with van der Waals surface area (Å²) in [6, 6.07) is -0.866. The molecule has 1 amide bonds. The first kappa shape index (κ1) is 72.3. The van der Waals surface area contributed by atoms with E-state index in [2.05, 4.69) is 189 Å². The smallest absolute Gasteiger partial charge is 0.220 e. The molecule has 6 N–H and O–H groups in total. The van der Waals surface area contributed by atoms with Crippen molar-refractivity contribution in [2.45, 2.75) is 236 Å². The number of aliphatic hydroxyl groups excluding tert-OH is 5. The minimum atomic E-state index is -1.59. The summed E-state index contributed by atoms with van der Waals surface area (Å²) >= 11 is 0. The zero-order valence-corrected chi connectivity index (χ0v) is 49.0. The maximum Gasteiger partial charge on any atom is 0.220 e. The molecule has 0 aliphatic carbocycles. The van der Waals surface area contributed by atoms with Crippen molar-refractivity contribution in [3.63, 3.8) is 0 Å². The summed E-state index contributed by atoms with van der Waals surface area (Å²) in [6.45, 7) is 3.59. The number of carbonyl (C=O) groups is 1. The van der Waals surface area contributed by atoms with E-state index in [1.807, 2.05) is 6.08 Å². The molecule has 79 heavy (non-hydrogen) atoms. The van der Waals surface area contributed by atoms with Crippen LogP contribution in [0.1, 0.15) is 194 Å². The molecule has 1 rings (SSSR count). The summed E-state index contributed by atoms with van der Waals surface area (Å²) in [5, 5.41) is 54.4. The topological polar surface area (TPSA) is 149 Å². The lowest BCUT2D eigenvalue weighted by molar-refractivity contribution is -0.302. The third kappa shape index (κ3) is 45.7. The Bertz CT molecular complexity index is 1890. The first-order valence-corrected chi connectivity index (χ1v) is 30.5. The van der Waals surface area contributed by atoms with Crippen LogP contribution in [0.25, 0.3) is 0 Å². The van der Waals surface area contributed by atoms with Crippen LogP contribution < -0.4 is 5.32 Å². The third-order valence-electron chi connectivity index (χ3n) is 12.9. The van der Waals surface area contributed by atoms with Gasteiger partial charge >= 0.3 is 0 Å². The number of ether oxygens (including phenoxy) is 2. The Morgan fingerprint density at radius 1 is 0.443 bits per heavy atom. The molecular formula is C70H109NO8. The lowest BCUT2D eigenvalue weighted by Gasteiger charge is -2.40. The third-order valence-corrected chi connectivity index (χ3v) is 12.9. The second-order valence-electron chi connectivity index (χ2n) is 20.0. The molecule has 0 radical (unpaired) electrons. The standard InChI is InChI=1S/C70H109NO8/c1-3-5-7-9-11-13-15-17-19-21-22-23-24-25-26-27-28-29-30-31-32-33-34-35-36-37-38-39-40-41-42-44-46-48-50-52-54-56-58-60-66(74)71-63(62-78-70-69(77)68(76)67(75)65(61-72)79-70)64(73)59-57-55-53-51-49-47-45-43-20-18-16-14-12-10-8-6-4-2/h5,7,11,13,17,19-20,22-23,25-26,28-29,31-32,34-35,37-38,40-41,43-44,46,49-52,57,59,63-65,67-70,72-73,75-77H,3-4,6,8-10,12,14-16,18,21,24,27,30,33,36,39,42,45,47-48,53-56,58,60-62H2,1-2H3,(H,71,74)/b7-5-,13-11-,19-17-,23-22-,26-25-,29-28-,32-31-,35-34-,38-37-,41-40-,43-20+,46-44-,51-49+,52-50-,59-57+. The molecule has 1 fully saturated rings. The summed E-state index contributed by atoms with van der Waals surface area (Å²) in [6.07, 6.45) is 85.3. The second kappa shape index (κ2) is 56.6. The van der Waals surface area contributed by atoms with Gasteiger partial charge in [0.15, 0.2) is 6.29 Å². The molecule has 1 aliphatic heterocycles. The van der Waals surface area contributed by atoms with Gasteiger partial charge in [0, 0.05) is 6.42 Å². The zero-order chi connectivity index (χ0) is 57.2. The van der Waals surface area contributed by atoms with Crippen molar-refractivity contribution in [1.82, 2.24) is 5.32 Å². The van der Waals surface area contributed by atoms with Gasteiger partial charge in [-0.1, -0.05) is 235 Å². The van der Waals surface area contributed by atoms with Crippen LogP contribution in [0.2, 0.25) is 0 Å². The van der Waals surface area contributed by atoms with Crippen molar-refractivity contribution in [2.24, 2.45) is 0 Å². The van der Waals surface area contributed by atoms with E-state index < -0.39 is 49.5 Å². The van der Waals surface area contributed by atoms with Gasteiger partial charge in [0.25, 0.3) is 0 Å². The normalized spacial score (nSPS) is 19.9. The molecule has 9 nitrogen and oxygen atoms in total. The van der Waals surface area contributed by atoms with Crippen molar-refractivity contribution in [3.8, 4) is 0 Å². The number of carbonyl (C=O) groups excluding carboxylic acids is 1. The largest absolute Gasteiger partial charge is 0.394 e. The number of rotatable bonds is 49. The average Bonchev–Trinajstić information content (AvgIpc) is 3.48. The predicted molar refractivity (Wildman–Crippen MR) is 335 cm³/mol. The van der Waals surface area contributed by atoms with Crippen molar-refractivity contribution < 1.29 is 39.8 Å². The van der Waals surface area contributed by atoms with E-state index in [4.69, 9.17) is 9.47 Å². The van der Waals surface area contributed by atoms with Gasteiger partial charge in [-0.2, -0.15) is 0 Å². The minimum Gasteiger partial charge on any atom is -0.394 e. The molecule has 0 aromatic carbocycles. The van der Waals surface area contributed by atoms with Crippen LogP contribution >= 0.6 is 0 Å². The van der Waals surface area contributed by atoms with Crippen LogP contribution in [-0.2, 0) is 14.3 Å². The van der Waals surface area contributed by atoms with E-state index >= 15 is 0 Å². The highest BCUT2D eigenvalue weighted by Crippen LogP contribution is 2.22. The summed E-state index contributed by atoms with van der Waals surface area (Å²) in [7, 11) is 0. The van der Waals surface area contributed by atoms with Gasteiger partial charge in [0.2, 0.25) is 5.91 Å². The number of unbranched alkanes of at least 4 members (excludes halogenated alkanes) is 11. The number of hydrogen-bond donors (Lipinski definition) is 6. The van der Waals surface area contributed by atoms with Crippen LogP contribution in [0.3, 0.4) is 0 Å². The molecule has 9 heteroatoms. The highest BCUT2D eigenvalue weighted by molar-refractivity contribution is 5.76. The predicted octanol–water partition coefficient (Wildman–Crippen LogP) is 16.0. The number of allylic oxidation sites excluding steroid dienone is 29. The van der Waals surface area contributed by atoms with Crippen LogP contribution in [-0.4, -0.2) is 87.5 Å². The van der Waals surface area contributed by atoms with E-state index in [1.165, 1.54) is 44.9 Å². The van der Waals surface area contributed by atoms with Gasteiger partial charge in [-0.15, -0.1) is 0 Å². The quantitative estimate of drug-likeness (QED) is 0.0261. The molecule has 7 unspecified atom stereocenters. The number of amides is 1. The number of nitrogens with one attached hydrogen (secondary N) is 1. The van der Waals surface area contributed by atoms with Crippen LogP contribution in [0.15, 0.2) is 182 Å². The fourth-order valence-corrected chi connectivity index (χ4v) is 8.17. The molecule has 1 aliphatic rings. The molecule has 442 valence electrons. The van der Waals surface area contributed by atoms with E-state index in [1.54, 1.807) is 6.08 Å². The van der Waals surface area contributed by atoms with Gasteiger partial charge in [0.05, 0.1) is 25.4 Å². The molecule has 0 bridgehead atoms. The first-order valence-electron chi connectivity index (χ1n) is 30.5. The Labute approximate surface area is 480 Å². The summed E-state index contributed by atoms with van der Waals surface area (Å²) in [5.41, 5.74) is 0. The molecule has 1 saturated heterocycles. The summed E-state index contributed by atoms with van der Waals surface area (Å²) in [4.78, 5) is 13.0. The van der Waals surface area contributed by atoms with Crippen molar-refractivity contribution in [2.75, 3.05) is 13.2 Å². The fraction of sp³-hybridized carbons (Fsp3) is 0.557. The van der Waals surface area contributed by atoms with E-state index in [0.29, 0.717) is 12.8 Å². The SMILES string of the molecule is CC/C=C\C/C=C\C/C=C\C/C=C\C/C=C\C/C=C\C/C=C\C/C=C\C/C=C\C/C=C\C/C=C\C/C=C\CCCCC(=O)NC(COC1OC(CO)C(O)C(O)C1O)C(O)/C=C/CC/C=C/CC/C=C/CCCCCCCCC. The van der Waals surface area contributed by atoms with E-state index in [0.717, 1.165) is 116 Å². The molecule has 7 atom stereocenters. The zero-order valence-electron chi connectivity index (χ0n) is 49.0. The van der Waals surface area contributed by atoms with Crippen LogP contribution in [0.5, 0.6) is 0 Å².